The van der Waals surface area contributed by atoms with Gasteiger partial charge in [-0.05, 0) is 85.7 Å². The molecule has 1 aromatic rings. The van der Waals surface area contributed by atoms with Gasteiger partial charge >= 0.3 is 6.18 Å². The monoisotopic (exact) mass is 494 g/mol. The van der Waals surface area contributed by atoms with Crippen molar-refractivity contribution < 1.29 is 27.2 Å². The van der Waals surface area contributed by atoms with Crippen molar-refractivity contribution in [1.82, 2.24) is 4.90 Å². The number of nitrogens with one attached hydrogen (secondary N) is 1. The van der Waals surface area contributed by atoms with E-state index in [0.29, 0.717) is 12.3 Å². The van der Waals surface area contributed by atoms with Crippen LogP contribution in [0.3, 0.4) is 0 Å². The van der Waals surface area contributed by atoms with Crippen LogP contribution in [-0.4, -0.2) is 36.0 Å². The standard InChI is InChI=1S/C27H34F4N2O2/c1-25-13-12-17-15(8-11-22-26(17,2)14-20(28)24(35)33(22)3)16(25)9-10-19(25)23(34)32-21-7-5-4-6-18(21)27(29,30)31/h4-7,15-17,19-20,22H,8-14H2,1-3H3,(H,32,34)/t15-,16-,17-,19+,20+,22+,25-,26+/m0/s1. The Balaban J connectivity index is 1.37. The van der Waals surface area contributed by atoms with Gasteiger partial charge in [0.15, 0.2) is 6.17 Å². The zero-order chi connectivity index (χ0) is 25.3. The van der Waals surface area contributed by atoms with Crippen LogP contribution in [0.25, 0.3) is 0 Å². The highest BCUT2D eigenvalue weighted by Crippen LogP contribution is 2.66. The lowest BCUT2D eigenvalue weighted by Crippen LogP contribution is -2.64. The number of likely N-dealkylation sites (tertiary alicyclic amines) is 1. The first-order chi connectivity index (χ1) is 16.4. The molecule has 4 fully saturated rings. The molecule has 2 amide bonds. The first-order valence-corrected chi connectivity index (χ1v) is 12.8. The summed E-state index contributed by atoms with van der Waals surface area (Å²) < 4.78 is 55.1. The zero-order valence-corrected chi connectivity index (χ0v) is 20.5. The zero-order valence-electron chi connectivity index (χ0n) is 20.5. The molecule has 192 valence electrons. The summed E-state index contributed by atoms with van der Waals surface area (Å²) in [5, 5.41) is 2.61. The molecule has 0 bridgehead atoms. The van der Waals surface area contributed by atoms with E-state index < -0.39 is 23.8 Å². The number of para-hydroxylation sites is 1. The topological polar surface area (TPSA) is 49.4 Å². The third-order valence-electron chi connectivity index (χ3n) is 10.3. The summed E-state index contributed by atoms with van der Waals surface area (Å²) in [5.41, 5.74) is -1.62. The Bertz CT molecular complexity index is 1030. The SMILES string of the molecule is CN1C(=O)[C@H](F)C[C@]2(C)[C@H]3CC[C@]4(C)[C@@H](C(=O)Nc5ccccc5C(F)(F)F)CC[C@H]4[C@@H]3CC[C@@H]12. The lowest BCUT2D eigenvalue weighted by atomic mass is 9.46. The number of hydrogen-bond donors (Lipinski definition) is 1. The Labute approximate surface area is 203 Å². The van der Waals surface area contributed by atoms with Gasteiger partial charge in [0.1, 0.15) is 0 Å². The molecule has 4 nitrogen and oxygen atoms in total. The molecular weight excluding hydrogens is 460 g/mol. The van der Waals surface area contributed by atoms with E-state index in [1.54, 1.807) is 11.9 Å². The number of rotatable bonds is 2. The van der Waals surface area contributed by atoms with Crippen molar-refractivity contribution in [2.45, 2.75) is 77.2 Å². The molecule has 1 aromatic carbocycles. The van der Waals surface area contributed by atoms with E-state index >= 15 is 0 Å². The predicted octanol–water partition coefficient (Wildman–Crippen LogP) is 6.07. The van der Waals surface area contributed by atoms with Crippen molar-refractivity contribution in [3.05, 3.63) is 29.8 Å². The van der Waals surface area contributed by atoms with Crippen molar-refractivity contribution in [2.75, 3.05) is 12.4 Å². The summed E-state index contributed by atoms with van der Waals surface area (Å²) in [6.45, 7) is 4.27. The van der Waals surface area contributed by atoms with Crippen LogP contribution in [0.1, 0.15) is 64.4 Å². The summed E-state index contributed by atoms with van der Waals surface area (Å²) in [5.74, 6) is -0.219. The van der Waals surface area contributed by atoms with Crippen LogP contribution in [-0.2, 0) is 15.8 Å². The highest BCUT2D eigenvalue weighted by molar-refractivity contribution is 5.94. The van der Waals surface area contributed by atoms with Gasteiger partial charge in [0, 0.05) is 19.0 Å². The number of benzene rings is 1. The largest absolute Gasteiger partial charge is 0.418 e. The van der Waals surface area contributed by atoms with Gasteiger partial charge in [-0.15, -0.1) is 0 Å². The maximum absolute atomic E-state index is 14.7. The van der Waals surface area contributed by atoms with Gasteiger partial charge in [-0.25, -0.2) is 4.39 Å². The normalized spacial score (nSPS) is 41.1. The Hall–Kier alpha value is -2.12. The lowest BCUT2D eigenvalue weighted by Gasteiger charge is -2.62. The maximum Gasteiger partial charge on any atom is 0.418 e. The molecule has 1 N–H and O–H groups in total. The number of nitrogens with zero attached hydrogens (tertiary/aromatic N) is 1. The van der Waals surface area contributed by atoms with Crippen LogP contribution in [0.2, 0.25) is 0 Å². The number of anilines is 1. The van der Waals surface area contributed by atoms with Crippen LogP contribution in [0, 0.1) is 34.5 Å². The number of fused-ring (bicyclic) bond motifs is 5. The summed E-state index contributed by atoms with van der Waals surface area (Å²) >= 11 is 0. The fraction of sp³-hybridized carbons (Fsp3) is 0.704. The maximum atomic E-state index is 14.7. The fourth-order valence-electron chi connectivity index (χ4n) is 8.70. The molecule has 0 radical (unpaired) electrons. The van der Waals surface area contributed by atoms with E-state index in [1.165, 1.54) is 18.2 Å². The van der Waals surface area contributed by atoms with Crippen molar-refractivity contribution in [3.63, 3.8) is 0 Å². The second-order valence-electron chi connectivity index (χ2n) is 11.8. The number of carbonyl (C=O) groups is 2. The van der Waals surface area contributed by atoms with Gasteiger partial charge in [-0.2, -0.15) is 13.2 Å². The molecular formula is C27H34F4N2O2. The van der Waals surface area contributed by atoms with Crippen LogP contribution < -0.4 is 5.32 Å². The van der Waals surface area contributed by atoms with Crippen LogP contribution in [0.4, 0.5) is 23.2 Å². The minimum atomic E-state index is -4.54. The molecule has 1 saturated heterocycles. The molecule has 0 aromatic heterocycles. The highest BCUT2D eigenvalue weighted by Gasteiger charge is 2.63. The van der Waals surface area contributed by atoms with Crippen LogP contribution in [0.5, 0.6) is 0 Å². The van der Waals surface area contributed by atoms with Crippen molar-refractivity contribution >= 4 is 17.5 Å². The smallest absolute Gasteiger partial charge is 0.340 e. The van der Waals surface area contributed by atoms with Crippen molar-refractivity contribution in [1.29, 1.82) is 0 Å². The molecule has 35 heavy (non-hydrogen) atoms. The molecule has 8 atom stereocenters. The molecule has 0 spiro atoms. The Morgan fingerprint density at radius 2 is 1.71 bits per heavy atom. The number of alkyl halides is 4. The first-order valence-electron chi connectivity index (χ1n) is 12.8. The van der Waals surface area contributed by atoms with E-state index in [0.717, 1.165) is 38.2 Å². The van der Waals surface area contributed by atoms with Crippen LogP contribution in [0.15, 0.2) is 24.3 Å². The quantitative estimate of drug-likeness (QED) is 0.507. The number of piperidine rings is 1. The molecule has 8 heteroatoms. The minimum absolute atomic E-state index is 0.0342. The second-order valence-corrected chi connectivity index (χ2v) is 11.8. The predicted molar refractivity (Wildman–Crippen MR) is 124 cm³/mol. The van der Waals surface area contributed by atoms with E-state index in [1.807, 2.05) is 0 Å². The molecule has 1 heterocycles. The Kier molecular flexibility index (Phi) is 5.76. The van der Waals surface area contributed by atoms with E-state index in [-0.39, 0.29) is 52.6 Å². The van der Waals surface area contributed by atoms with Gasteiger partial charge in [-0.3, -0.25) is 9.59 Å². The molecule has 5 rings (SSSR count). The number of hydrogen-bond acceptors (Lipinski definition) is 2. The van der Waals surface area contributed by atoms with Crippen molar-refractivity contribution in [2.24, 2.45) is 34.5 Å². The summed E-state index contributed by atoms with van der Waals surface area (Å²) in [6.07, 6.45) is -0.856. The minimum Gasteiger partial charge on any atom is -0.340 e. The lowest BCUT2D eigenvalue weighted by molar-refractivity contribution is -0.169. The summed E-state index contributed by atoms with van der Waals surface area (Å²) in [6, 6.07) is 5.15. The summed E-state index contributed by atoms with van der Waals surface area (Å²) in [4.78, 5) is 27.3. The summed E-state index contributed by atoms with van der Waals surface area (Å²) in [7, 11) is 1.72. The van der Waals surface area contributed by atoms with Gasteiger partial charge in [-0.1, -0.05) is 26.0 Å². The van der Waals surface area contributed by atoms with Gasteiger partial charge in [0.2, 0.25) is 5.91 Å². The van der Waals surface area contributed by atoms with Gasteiger partial charge in [0.25, 0.3) is 5.91 Å². The number of halogens is 4. The number of carbonyl (C=O) groups excluding carboxylic acids is 2. The van der Waals surface area contributed by atoms with Crippen LogP contribution >= 0.6 is 0 Å². The average Bonchev–Trinajstić information content (AvgIpc) is 3.14. The Morgan fingerprint density at radius 3 is 2.43 bits per heavy atom. The van der Waals surface area contributed by atoms with Crippen molar-refractivity contribution in [3.8, 4) is 0 Å². The molecule has 1 aliphatic heterocycles. The fourth-order valence-corrected chi connectivity index (χ4v) is 8.70. The van der Waals surface area contributed by atoms with Gasteiger partial charge in [0.05, 0.1) is 11.3 Å². The molecule has 4 aliphatic rings. The molecule has 3 saturated carbocycles. The Morgan fingerprint density at radius 1 is 1.03 bits per heavy atom. The molecule has 3 aliphatic carbocycles. The first kappa shape index (κ1) is 24.6. The van der Waals surface area contributed by atoms with Gasteiger partial charge < -0.3 is 10.2 Å². The highest BCUT2D eigenvalue weighted by atomic mass is 19.4. The third kappa shape index (κ3) is 3.69. The average molecular weight is 495 g/mol. The molecule has 0 unspecified atom stereocenters. The second kappa shape index (κ2) is 8.20. The number of amides is 2. The third-order valence-corrected chi connectivity index (χ3v) is 10.3. The van der Waals surface area contributed by atoms with E-state index in [9.17, 15) is 27.2 Å². The van der Waals surface area contributed by atoms with E-state index in [2.05, 4.69) is 19.2 Å². The van der Waals surface area contributed by atoms with E-state index in [4.69, 9.17) is 0 Å².